The molecule has 3 heterocycles. The molecule has 1 aliphatic heterocycles. The van der Waals surface area contributed by atoms with Crippen LogP contribution >= 0.6 is 0 Å². The molecule has 2 aromatic rings. The quantitative estimate of drug-likeness (QED) is 0.785. The second-order valence-corrected chi connectivity index (χ2v) is 7.60. The van der Waals surface area contributed by atoms with Crippen LogP contribution in [0.2, 0.25) is 0 Å². The molecule has 1 N–H and O–H groups in total. The Bertz CT molecular complexity index is 763. The van der Waals surface area contributed by atoms with E-state index in [-0.39, 0.29) is 11.9 Å². The highest BCUT2D eigenvalue weighted by Crippen LogP contribution is 2.36. The van der Waals surface area contributed by atoms with Gasteiger partial charge in [-0.1, -0.05) is 6.92 Å². The van der Waals surface area contributed by atoms with Crippen molar-refractivity contribution in [3.8, 4) is 0 Å². The number of piperidine rings is 1. The van der Waals surface area contributed by atoms with E-state index >= 15 is 0 Å². The third kappa shape index (κ3) is 4.74. The first-order chi connectivity index (χ1) is 13.5. The topological polar surface area (TPSA) is 79.2 Å². The highest BCUT2D eigenvalue weighted by atomic mass is 16.2. The van der Waals surface area contributed by atoms with Gasteiger partial charge in [0.1, 0.15) is 0 Å². The third-order valence-electron chi connectivity index (χ3n) is 5.70. The number of anilines is 1. The number of nitrogens with one attached hydrogen (secondary N) is 1. The number of likely N-dealkylation sites (N-methyl/N-ethyl adjacent to an activating group) is 1. The summed E-state index contributed by atoms with van der Waals surface area (Å²) < 4.78 is 1.87. The fourth-order valence-electron chi connectivity index (χ4n) is 4.08. The molecule has 2 aromatic heterocycles. The number of aromatic nitrogens is 4. The van der Waals surface area contributed by atoms with E-state index in [2.05, 4.69) is 43.3 Å². The van der Waals surface area contributed by atoms with Crippen LogP contribution in [0.1, 0.15) is 38.3 Å². The van der Waals surface area contributed by atoms with Crippen molar-refractivity contribution in [1.82, 2.24) is 29.5 Å². The second-order valence-electron chi connectivity index (χ2n) is 7.60. The van der Waals surface area contributed by atoms with E-state index in [0.29, 0.717) is 17.9 Å². The van der Waals surface area contributed by atoms with Crippen molar-refractivity contribution in [3.63, 3.8) is 0 Å². The lowest BCUT2D eigenvalue weighted by atomic mass is 9.85. The Balaban J connectivity index is 1.68. The molecule has 1 unspecified atom stereocenters. The van der Waals surface area contributed by atoms with Crippen LogP contribution in [0.25, 0.3) is 0 Å². The van der Waals surface area contributed by atoms with Crippen molar-refractivity contribution in [2.45, 2.75) is 38.8 Å². The van der Waals surface area contributed by atoms with Crippen LogP contribution in [0.5, 0.6) is 0 Å². The molecule has 0 radical (unpaired) electrons. The van der Waals surface area contributed by atoms with E-state index in [1.807, 2.05) is 31.9 Å². The van der Waals surface area contributed by atoms with Gasteiger partial charge in [0.05, 0.1) is 12.2 Å². The van der Waals surface area contributed by atoms with Crippen LogP contribution in [0.3, 0.4) is 0 Å². The normalized spacial score (nSPS) is 21.6. The minimum absolute atomic E-state index is 0.0882. The van der Waals surface area contributed by atoms with Gasteiger partial charge in [0.2, 0.25) is 11.9 Å². The summed E-state index contributed by atoms with van der Waals surface area (Å²) in [5.74, 6) is 0.705. The van der Waals surface area contributed by atoms with Crippen LogP contribution in [0, 0.1) is 5.92 Å². The number of hydrogen-bond donors (Lipinski definition) is 1. The molecule has 1 amide bonds. The number of aryl methyl sites for hydroxylation is 1. The Morgan fingerprint density at radius 2 is 2.14 bits per heavy atom. The summed E-state index contributed by atoms with van der Waals surface area (Å²) in [5, 5.41) is 7.18. The summed E-state index contributed by atoms with van der Waals surface area (Å²) in [6, 6.07) is 1.80. The number of likely N-dealkylation sites (tertiary alicyclic amines) is 1. The first kappa shape index (κ1) is 20.4. The average Bonchev–Trinajstić information content (AvgIpc) is 3.13. The van der Waals surface area contributed by atoms with Crippen LogP contribution in [-0.4, -0.2) is 68.2 Å². The van der Waals surface area contributed by atoms with Gasteiger partial charge in [-0.2, -0.15) is 5.10 Å². The molecule has 0 aliphatic carbocycles. The van der Waals surface area contributed by atoms with Gasteiger partial charge in [-0.15, -0.1) is 0 Å². The van der Waals surface area contributed by atoms with Crippen molar-refractivity contribution in [1.29, 1.82) is 0 Å². The molecule has 152 valence electrons. The third-order valence-corrected chi connectivity index (χ3v) is 5.70. The zero-order valence-electron chi connectivity index (χ0n) is 17.2. The molecule has 28 heavy (non-hydrogen) atoms. The molecule has 1 fully saturated rings. The first-order valence-electron chi connectivity index (χ1n) is 10.00. The van der Waals surface area contributed by atoms with E-state index < -0.39 is 0 Å². The predicted octanol–water partition coefficient (Wildman–Crippen LogP) is 1.94. The number of carbonyl (C=O) groups excluding carboxylic acids is 1. The first-order valence-corrected chi connectivity index (χ1v) is 10.00. The second kappa shape index (κ2) is 9.25. The largest absolute Gasteiger partial charge is 0.296 e. The van der Waals surface area contributed by atoms with Crippen molar-refractivity contribution in [2.75, 3.05) is 32.0 Å². The molecular weight excluding hydrogens is 354 g/mol. The van der Waals surface area contributed by atoms with Gasteiger partial charge in [-0.3, -0.25) is 24.6 Å². The summed E-state index contributed by atoms with van der Waals surface area (Å²) in [7, 11) is 3.98. The van der Waals surface area contributed by atoms with E-state index in [0.717, 1.165) is 26.1 Å². The number of carbonyl (C=O) groups is 1. The van der Waals surface area contributed by atoms with Crippen molar-refractivity contribution < 1.29 is 4.79 Å². The van der Waals surface area contributed by atoms with Gasteiger partial charge in [-0.05, 0) is 51.9 Å². The summed E-state index contributed by atoms with van der Waals surface area (Å²) in [5.41, 5.74) is 1.26. The van der Waals surface area contributed by atoms with Gasteiger partial charge in [-0.25, -0.2) is 9.97 Å². The average molecular weight is 386 g/mol. The molecule has 8 nitrogen and oxygen atoms in total. The van der Waals surface area contributed by atoms with Crippen LogP contribution in [0.15, 0.2) is 30.9 Å². The molecule has 1 aliphatic rings. The maximum absolute atomic E-state index is 12.6. The fraction of sp³-hybridized carbons (Fsp3) is 0.600. The Morgan fingerprint density at radius 1 is 1.39 bits per heavy atom. The number of rotatable bonds is 7. The Morgan fingerprint density at radius 3 is 2.79 bits per heavy atom. The highest BCUT2D eigenvalue weighted by Gasteiger charge is 2.34. The lowest BCUT2D eigenvalue weighted by Gasteiger charge is -2.42. The number of hydrogen-bond acceptors (Lipinski definition) is 6. The lowest BCUT2D eigenvalue weighted by Crippen LogP contribution is -2.47. The van der Waals surface area contributed by atoms with Gasteiger partial charge in [0, 0.05) is 43.8 Å². The fourth-order valence-corrected chi connectivity index (χ4v) is 4.08. The van der Waals surface area contributed by atoms with E-state index in [1.165, 1.54) is 12.0 Å². The Labute approximate surface area is 167 Å². The summed E-state index contributed by atoms with van der Waals surface area (Å²) in [6.45, 7) is 7.11. The molecule has 0 aromatic carbocycles. The van der Waals surface area contributed by atoms with E-state index in [1.54, 1.807) is 18.5 Å². The molecule has 0 spiro atoms. The number of nitrogens with zero attached hydrogens (tertiary/aromatic N) is 6. The Kier molecular flexibility index (Phi) is 6.74. The minimum Gasteiger partial charge on any atom is -0.296 e. The SMILES string of the molecule is CCN1CCC[C@@H](CN(C)C(C)C(=O)Nc2ncccn2)[C@@H]1c1cnn(C)c1. The maximum atomic E-state index is 12.6. The van der Waals surface area contributed by atoms with E-state index in [9.17, 15) is 4.79 Å². The monoisotopic (exact) mass is 385 g/mol. The number of amides is 1. The molecule has 1 saturated heterocycles. The summed E-state index contributed by atoms with van der Waals surface area (Å²) in [6.07, 6.45) is 9.68. The van der Waals surface area contributed by atoms with Crippen LogP contribution in [0.4, 0.5) is 5.95 Å². The zero-order valence-corrected chi connectivity index (χ0v) is 17.2. The van der Waals surface area contributed by atoms with Gasteiger partial charge in [0.25, 0.3) is 0 Å². The van der Waals surface area contributed by atoms with Crippen molar-refractivity contribution >= 4 is 11.9 Å². The molecule has 3 atom stereocenters. The Hall–Kier alpha value is -2.32. The lowest BCUT2D eigenvalue weighted by molar-refractivity contribution is -0.120. The standard InChI is InChI=1S/C20H31N7O/c1-5-27-11-6-8-16(18(27)17-12-23-26(4)14-17)13-25(3)15(2)19(28)24-20-21-9-7-10-22-20/h7,9-10,12,14-16,18H,5-6,8,11,13H2,1-4H3,(H,21,22,24,28)/t15?,16-,18+/m0/s1. The highest BCUT2D eigenvalue weighted by molar-refractivity contribution is 5.92. The smallest absolute Gasteiger partial charge is 0.243 e. The van der Waals surface area contributed by atoms with Gasteiger partial charge >= 0.3 is 0 Å². The molecule has 0 saturated carbocycles. The minimum atomic E-state index is -0.268. The summed E-state index contributed by atoms with van der Waals surface area (Å²) in [4.78, 5) is 25.4. The van der Waals surface area contributed by atoms with E-state index in [4.69, 9.17) is 0 Å². The molecule has 3 rings (SSSR count). The van der Waals surface area contributed by atoms with Crippen LogP contribution in [-0.2, 0) is 11.8 Å². The zero-order chi connectivity index (χ0) is 20.1. The summed E-state index contributed by atoms with van der Waals surface area (Å²) >= 11 is 0. The molecular formula is C20H31N7O. The van der Waals surface area contributed by atoms with Gasteiger partial charge < -0.3 is 0 Å². The van der Waals surface area contributed by atoms with Gasteiger partial charge in [0.15, 0.2) is 0 Å². The van der Waals surface area contributed by atoms with Crippen molar-refractivity contribution in [2.24, 2.45) is 13.0 Å². The van der Waals surface area contributed by atoms with Crippen LogP contribution < -0.4 is 5.32 Å². The predicted molar refractivity (Wildman–Crippen MR) is 109 cm³/mol. The maximum Gasteiger partial charge on any atom is 0.243 e. The molecule has 0 bridgehead atoms. The van der Waals surface area contributed by atoms with Crippen molar-refractivity contribution in [3.05, 3.63) is 36.4 Å². The molecule has 8 heteroatoms.